The van der Waals surface area contributed by atoms with E-state index < -0.39 is 0 Å². The number of nitrogens with zero attached hydrogens (tertiary/aromatic N) is 4. The second-order valence-electron chi connectivity index (χ2n) is 6.27. The Balaban J connectivity index is 1.28. The fourth-order valence-electron chi connectivity index (χ4n) is 3.38. The maximum absolute atomic E-state index is 5.82. The summed E-state index contributed by atoms with van der Waals surface area (Å²) in [4.78, 5) is 15.4. The number of hydrogen-bond acceptors (Lipinski definition) is 5. The molecule has 1 aliphatic heterocycles. The summed E-state index contributed by atoms with van der Waals surface area (Å²) in [5, 5.41) is 0.630. The average molecular weight is 331 g/mol. The SMILES string of the molecule is CCc1cnc(N2C[C@@H]3[C@@H](COc4ccc(Cl)cn4)[C@@H]3C2)nc1. The van der Waals surface area contributed by atoms with Crippen molar-refractivity contribution in [2.75, 3.05) is 24.6 Å². The standard InChI is InChI=1S/C17H19ClN4O/c1-2-11-5-20-17(21-6-11)22-8-13-14(9-22)15(13)10-23-16-4-3-12(18)7-19-16/h3-7,13-15H,2,8-10H2,1H3/t13-,14+,15+. The first-order chi connectivity index (χ1) is 11.2. The Morgan fingerprint density at radius 1 is 1.13 bits per heavy atom. The summed E-state index contributed by atoms with van der Waals surface area (Å²) in [5.41, 5.74) is 1.18. The second-order valence-corrected chi connectivity index (χ2v) is 6.70. The summed E-state index contributed by atoms with van der Waals surface area (Å²) >= 11 is 5.82. The molecule has 23 heavy (non-hydrogen) atoms. The number of hydrogen-bond donors (Lipinski definition) is 0. The minimum atomic E-state index is 0.624. The molecule has 2 fully saturated rings. The van der Waals surface area contributed by atoms with Crippen molar-refractivity contribution < 1.29 is 4.74 Å². The van der Waals surface area contributed by atoms with Crippen molar-refractivity contribution in [1.29, 1.82) is 0 Å². The highest BCUT2D eigenvalue weighted by Gasteiger charge is 2.56. The van der Waals surface area contributed by atoms with Gasteiger partial charge in [0.05, 0.1) is 11.6 Å². The molecule has 1 aliphatic carbocycles. The van der Waals surface area contributed by atoms with Gasteiger partial charge < -0.3 is 9.64 Å². The molecule has 0 bridgehead atoms. The van der Waals surface area contributed by atoms with Gasteiger partial charge in [0.2, 0.25) is 11.8 Å². The summed E-state index contributed by atoms with van der Waals surface area (Å²) in [6.07, 6.45) is 6.45. The van der Waals surface area contributed by atoms with Crippen LogP contribution in [-0.4, -0.2) is 34.6 Å². The van der Waals surface area contributed by atoms with Crippen molar-refractivity contribution in [1.82, 2.24) is 15.0 Å². The zero-order valence-corrected chi connectivity index (χ0v) is 13.8. The Labute approximate surface area is 140 Å². The van der Waals surface area contributed by atoms with E-state index in [-0.39, 0.29) is 0 Å². The molecule has 4 rings (SSSR count). The van der Waals surface area contributed by atoms with E-state index in [9.17, 15) is 0 Å². The molecule has 0 spiro atoms. The molecule has 2 aromatic heterocycles. The number of fused-ring (bicyclic) bond motifs is 1. The van der Waals surface area contributed by atoms with Crippen LogP contribution in [0.1, 0.15) is 12.5 Å². The molecule has 0 amide bonds. The molecule has 1 saturated heterocycles. The van der Waals surface area contributed by atoms with E-state index in [1.807, 2.05) is 18.5 Å². The number of anilines is 1. The van der Waals surface area contributed by atoms with Crippen LogP contribution in [0.25, 0.3) is 0 Å². The lowest BCUT2D eigenvalue weighted by atomic mass is 10.2. The quantitative estimate of drug-likeness (QED) is 0.843. The van der Waals surface area contributed by atoms with E-state index in [4.69, 9.17) is 16.3 Å². The van der Waals surface area contributed by atoms with E-state index in [0.717, 1.165) is 32.1 Å². The van der Waals surface area contributed by atoms with Crippen LogP contribution in [0, 0.1) is 17.8 Å². The minimum Gasteiger partial charge on any atom is -0.477 e. The van der Waals surface area contributed by atoms with Gasteiger partial charge in [-0.25, -0.2) is 15.0 Å². The Hall–Kier alpha value is -1.88. The van der Waals surface area contributed by atoms with Crippen LogP contribution in [0.4, 0.5) is 5.95 Å². The van der Waals surface area contributed by atoms with Crippen molar-refractivity contribution in [3.8, 4) is 5.88 Å². The smallest absolute Gasteiger partial charge is 0.225 e. The van der Waals surface area contributed by atoms with Crippen LogP contribution in [0.5, 0.6) is 5.88 Å². The molecule has 2 aliphatic rings. The van der Waals surface area contributed by atoms with Crippen molar-refractivity contribution in [3.05, 3.63) is 41.3 Å². The Morgan fingerprint density at radius 3 is 2.48 bits per heavy atom. The maximum atomic E-state index is 5.82. The largest absolute Gasteiger partial charge is 0.477 e. The van der Waals surface area contributed by atoms with Gasteiger partial charge in [0.15, 0.2) is 0 Å². The molecule has 6 heteroatoms. The van der Waals surface area contributed by atoms with Crippen molar-refractivity contribution >= 4 is 17.5 Å². The van der Waals surface area contributed by atoms with Gasteiger partial charge in [-0.15, -0.1) is 0 Å². The molecule has 3 atom stereocenters. The van der Waals surface area contributed by atoms with E-state index in [2.05, 4.69) is 26.8 Å². The normalized spacial score (nSPS) is 25.3. The molecule has 3 heterocycles. The number of aromatic nitrogens is 3. The summed E-state index contributed by atoms with van der Waals surface area (Å²) in [6, 6.07) is 3.62. The predicted molar refractivity (Wildman–Crippen MR) is 88.8 cm³/mol. The monoisotopic (exact) mass is 330 g/mol. The summed E-state index contributed by atoms with van der Waals surface area (Å²) < 4.78 is 5.77. The summed E-state index contributed by atoms with van der Waals surface area (Å²) in [5.74, 6) is 3.51. The van der Waals surface area contributed by atoms with Gasteiger partial charge in [0.25, 0.3) is 0 Å². The minimum absolute atomic E-state index is 0.624. The lowest BCUT2D eigenvalue weighted by molar-refractivity contribution is 0.273. The Bertz CT molecular complexity index is 664. The summed E-state index contributed by atoms with van der Waals surface area (Å²) in [7, 11) is 0. The van der Waals surface area contributed by atoms with Gasteiger partial charge in [0, 0.05) is 43.7 Å². The van der Waals surface area contributed by atoms with E-state index in [1.165, 1.54) is 5.56 Å². The zero-order valence-electron chi connectivity index (χ0n) is 13.0. The number of ether oxygens (including phenoxy) is 1. The van der Waals surface area contributed by atoms with E-state index in [1.54, 1.807) is 12.3 Å². The van der Waals surface area contributed by atoms with E-state index >= 15 is 0 Å². The van der Waals surface area contributed by atoms with Gasteiger partial charge in [0.1, 0.15) is 0 Å². The molecule has 1 saturated carbocycles. The Morgan fingerprint density at radius 2 is 1.87 bits per heavy atom. The Kier molecular flexibility index (Phi) is 3.81. The summed E-state index contributed by atoms with van der Waals surface area (Å²) in [6.45, 7) is 4.90. The molecule has 2 aromatic rings. The molecule has 0 N–H and O–H groups in total. The number of halogens is 1. The lowest BCUT2D eigenvalue weighted by Gasteiger charge is -2.19. The molecular weight excluding hydrogens is 312 g/mol. The van der Waals surface area contributed by atoms with Gasteiger partial charge in [-0.05, 0) is 29.9 Å². The first-order valence-electron chi connectivity index (χ1n) is 8.05. The third kappa shape index (κ3) is 2.98. The van der Waals surface area contributed by atoms with Crippen LogP contribution >= 0.6 is 11.6 Å². The molecular formula is C17H19ClN4O. The third-order valence-corrected chi connectivity index (χ3v) is 5.10. The second kappa shape index (κ2) is 5.96. The highest BCUT2D eigenvalue weighted by molar-refractivity contribution is 6.30. The first kappa shape index (κ1) is 14.7. The van der Waals surface area contributed by atoms with E-state index in [0.29, 0.717) is 28.7 Å². The fraction of sp³-hybridized carbons (Fsp3) is 0.471. The van der Waals surface area contributed by atoms with Crippen molar-refractivity contribution in [2.24, 2.45) is 17.8 Å². The number of aryl methyl sites for hydroxylation is 1. The van der Waals surface area contributed by atoms with Gasteiger partial charge in [-0.3, -0.25) is 0 Å². The molecule has 0 radical (unpaired) electrons. The van der Waals surface area contributed by atoms with Crippen molar-refractivity contribution in [3.63, 3.8) is 0 Å². The third-order valence-electron chi connectivity index (χ3n) is 4.88. The number of pyridine rings is 1. The van der Waals surface area contributed by atoms with Crippen LogP contribution < -0.4 is 9.64 Å². The zero-order chi connectivity index (χ0) is 15.8. The van der Waals surface area contributed by atoms with Gasteiger partial charge in [-0.2, -0.15) is 0 Å². The molecule has 5 nitrogen and oxygen atoms in total. The van der Waals surface area contributed by atoms with Gasteiger partial charge in [-0.1, -0.05) is 18.5 Å². The first-order valence-corrected chi connectivity index (χ1v) is 8.42. The van der Waals surface area contributed by atoms with Gasteiger partial charge >= 0.3 is 0 Å². The van der Waals surface area contributed by atoms with Crippen LogP contribution in [0.2, 0.25) is 5.02 Å². The maximum Gasteiger partial charge on any atom is 0.225 e. The predicted octanol–water partition coefficient (Wildman–Crippen LogP) is 2.85. The fourth-order valence-corrected chi connectivity index (χ4v) is 3.49. The topological polar surface area (TPSA) is 51.1 Å². The highest BCUT2D eigenvalue weighted by atomic mass is 35.5. The number of piperidine rings is 1. The van der Waals surface area contributed by atoms with Crippen LogP contribution in [-0.2, 0) is 6.42 Å². The molecule has 0 aromatic carbocycles. The lowest BCUT2D eigenvalue weighted by Crippen LogP contribution is -2.27. The van der Waals surface area contributed by atoms with Crippen LogP contribution in [0.15, 0.2) is 30.7 Å². The molecule has 0 unspecified atom stereocenters. The van der Waals surface area contributed by atoms with Crippen molar-refractivity contribution in [2.45, 2.75) is 13.3 Å². The number of rotatable bonds is 5. The van der Waals surface area contributed by atoms with Crippen LogP contribution in [0.3, 0.4) is 0 Å². The average Bonchev–Trinajstić information content (AvgIpc) is 3.04. The highest BCUT2D eigenvalue weighted by Crippen LogP contribution is 2.52. The molecule has 120 valence electrons.